The van der Waals surface area contributed by atoms with E-state index in [1.54, 1.807) is 18.9 Å². The monoisotopic (exact) mass is 543 g/mol. The molecule has 2 aromatic carbocycles. The van der Waals surface area contributed by atoms with Crippen molar-refractivity contribution in [3.8, 4) is 0 Å². The third-order valence-electron chi connectivity index (χ3n) is 7.09. The Kier molecular flexibility index (Phi) is 10.4. The zero-order chi connectivity index (χ0) is 26.3. The SMILES string of the molecule is CO[C@@H](CCCO[Si](c1ccccc1)(c1ccccc1)C(C)(C)C)CC(=O)N1C(=S)SC[C@@H]1C(C)C. The fraction of sp³-hybridized carbons (Fsp3) is 0.517. The van der Waals surface area contributed by atoms with Crippen molar-refractivity contribution in [1.82, 2.24) is 4.90 Å². The molecule has 1 aliphatic heterocycles. The maximum atomic E-state index is 13.2. The van der Waals surface area contributed by atoms with Crippen LogP contribution >= 0.6 is 24.0 Å². The Bertz CT molecular complexity index is 955. The van der Waals surface area contributed by atoms with Gasteiger partial charge in [-0.15, -0.1) is 0 Å². The minimum absolute atomic E-state index is 0.0543. The summed E-state index contributed by atoms with van der Waals surface area (Å²) in [6, 6.07) is 21.6. The average Bonchev–Trinajstić information content (AvgIpc) is 3.25. The summed E-state index contributed by atoms with van der Waals surface area (Å²) in [7, 11) is -0.859. The zero-order valence-electron chi connectivity index (χ0n) is 22.5. The van der Waals surface area contributed by atoms with Crippen molar-refractivity contribution < 1.29 is 14.0 Å². The third-order valence-corrected chi connectivity index (χ3v) is 13.6. The van der Waals surface area contributed by atoms with Gasteiger partial charge in [-0.05, 0) is 34.2 Å². The molecule has 0 aliphatic carbocycles. The van der Waals surface area contributed by atoms with Crippen molar-refractivity contribution in [3.05, 3.63) is 60.7 Å². The number of carbonyl (C=O) groups excluding carboxylic acids is 1. The Hall–Kier alpha value is -1.51. The summed E-state index contributed by atoms with van der Waals surface area (Å²) < 4.78 is 13.4. The fourth-order valence-corrected chi connectivity index (χ4v) is 11.4. The van der Waals surface area contributed by atoms with Crippen LogP contribution in [0.3, 0.4) is 0 Å². The quantitative estimate of drug-likeness (QED) is 0.209. The van der Waals surface area contributed by atoms with E-state index in [0.717, 1.165) is 18.6 Å². The highest BCUT2D eigenvalue weighted by atomic mass is 32.2. The van der Waals surface area contributed by atoms with E-state index in [1.165, 1.54) is 10.4 Å². The fourth-order valence-electron chi connectivity index (χ4n) is 5.11. The van der Waals surface area contributed by atoms with Crippen LogP contribution in [0.15, 0.2) is 60.7 Å². The van der Waals surface area contributed by atoms with Gasteiger partial charge in [0, 0.05) is 25.5 Å². The molecule has 1 fully saturated rings. The molecule has 196 valence electrons. The van der Waals surface area contributed by atoms with Gasteiger partial charge >= 0.3 is 0 Å². The summed E-state index contributed by atoms with van der Waals surface area (Å²) in [5.74, 6) is 1.33. The number of carbonyl (C=O) groups is 1. The zero-order valence-corrected chi connectivity index (χ0v) is 25.2. The predicted molar refractivity (Wildman–Crippen MR) is 159 cm³/mol. The van der Waals surface area contributed by atoms with E-state index in [2.05, 4.69) is 95.3 Å². The molecule has 36 heavy (non-hydrogen) atoms. The molecule has 1 amide bonds. The summed E-state index contributed by atoms with van der Waals surface area (Å²) in [6.07, 6.45) is 1.78. The summed E-state index contributed by atoms with van der Waals surface area (Å²) >= 11 is 7.10. The molecule has 0 bridgehead atoms. The number of benzene rings is 2. The molecular formula is C29H41NO3S2Si. The molecule has 0 N–H and O–H groups in total. The van der Waals surface area contributed by atoms with Gasteiger partial charge in [0.2, 0.25) is 5.91 Å². The normalized spacial score (nSPS) is 17.6. The third kappa shape index (κ3) is 6.48. The van der Waals surface area contributed by atoms with Gasteiger partial charge in [-0.25, -0.2) is 0 Å². The van der Waals surface area contributed by atoms with Crippen molar-refractivity contribution in [2.75, 3.05) is 19.5 Å². The number of ether oxygens (including phenoxy) is 1. The lowest BCUT2D eigenvalue weighted by Crippen LogP contribution is -2.66. The van der Waals surface area contributed by atoms with Gasteiger partial charge in [0.15, 0.2) is 0 Å². The second kappa shape index (κ2) is 12.8. The van der Waals surface area contributed by atoms with Crippen LogP contribution in [0.1, 0.15) is 53.9 Å². The Morgan fingerprint density at radius 1 is 1.08 bits per heavy atom. The van der Waals surface area contributed by atoms with E-state index in [1.807, 2.05) is 4.90 Å². The van der Waals surface area contributed by atoms with E-state index in [9.17, 15) is 4.79 Å². The summed E-state index contributed by atoms with van der Waals surface area (Å²) in [6.45, 7) is 11.8. The molecular weight excluding hydrogens is 503 g/mol. The summed E-state index contributed by atoms with van der Waals surface area (Å²) in [5.41, 5.74) is 0. The van der Waals surface area contributed by atoms with Crippen LogP contribution in [0.5, 0.6) is 0 Å². The minimum atomic E-state index is -2.55. The Labute approximate surface area is 228 Å². The molecule has 4 nitrogen and oxygen atoms in total. The van der Waals surface area contributed by atoms with Gasteiger partial charge in [-0.3, -0.25) is 9.69 Å². The van der Waals surface area contributed by atoms with E-state index in [4.69, 9.17) is 21.4 Å². The number of hydrogen-bond donors (Lipinski definition) is 0. The number of amides is 1. The van der Waals surface area contributed by atoms with Crippen LogP contribution in [0.2, 0.25) is 5.04 Å². The van der Waals surface area contributed by atoms with Crippen LogP contribution in [0.25, 0.3) is 0 Å². The average molecular weight is 544 g/mol. The molecule has 0 radical (unpaired) electrons. The molecule has 1 heterocycles. The molecule has 0 spiro atoms. The number of nitrogens with zero attached hydrogens (tertiary/aromatic N) is 1. The van der Waals surface area contributed by atoms with E-state index in [-0.39, 0.29) is 23.1 Å². The van der Waals surface area contributed by atoms with Crippen molar-refractivity contribution in [2.45, 2.75) is 71.1 Å². The summed E-state index contributed by atoms with van der Waals surface area (Å²) in [4.78, 5) is 15.0. The van der Waals surface area contributed by atoms with Crippen LogP contribution in [-0.2, 0) is 14.0 Å². The molecule has 0 saturated carbocycles. The van der Waals surface area contributed by atoms with Gasteiger partial charge in [0.1, 0.15) is 4.32 Å². The molecule has 1 saturated heterocycles. The number of rotatable bonds is 11. The van der Waals surface area contributed by atoms with Crippen molar-refractivity contribution in [1.29, 1.82) is 0 Å². The van der Waals surface area contributed by atoms with Crippen molar-refractivity contribution >= 4 is 52.9 Å². The second-order valence-corrected chi connectivity index (χ2v) is 16.8. The first kappa shape index (κ1) is 29.0. The summed E-state index contributed by atoms with van der Waals surface area (Å²) in [5, 5.41) is 2.50. The molecule has 0 unspecified atom stereocenters. The van der Waals surface area contributed by atoms with E-state index in [0.29, 0.717) is 23.3 Å². The van der Waals surface area contributed by atoms with Crippen LogP contribution in [-0.4, -0.2) is 55.1 Å². The standard InChI is InChI=1S/C29H41NO3S2Si/c1-22(2)26-21-35-28(34)30(26)27(31)20-23(32-6)14-13-19-33-36(29(3,4)5,24-15-9-7-10-16-24)25-17-11-8-12-18-25/h7-12,15-18,22-23,26H,13-14,19-21H2,1-6H3/t23-,26+/m0/s1. The van der Waals surface area contributed by atoms with Gasteiger partial charge in [0.05, 0.1) is 12.5 Å². The Morgan fingerprint density at radius 2 is 1.64 bits per heavy atom. The van der Waals surface area contributed by atoms with Crippen molar-refractivity contribution in [2.24, 2.45) is 5.92 Å². The minimum Gasteiger partial charge on any atom is -0.407 e. The lowest BCUT2D eigenvalue weighted by Gasteiger charge is -2.43. The highest BCUT2D eigenvalue weighted by Crippen LogP contribution is 2.37. The molecule has 1 aliphatic rings. The highest BCUT2D eigenvalue weighted by molar-refractivity contribution is 8.23. The lowest BCUT2D eigenvalue weighted by atomic mass is 10.0. The lowest BCUT2D eigenvalue weighted by molar-refractivity contribution is -0.131. The van der Waals surface area contributed by atoms with Crippen molar-refractivity contribution in [3.63, 3.8) is 0 Å². The Morgan fingerprint density at radius 3 is 2.11 bits per heavy atom. The number of methoxy groups -OCH3 is 1. The maximum Gasteiger partial charge on any atom is 0.261 e. The Balaban J connectivity index is 1.70. The van der Waals surface area contributed by atoms with Gasteiger partial charge in [0.25, 0.3) is 8.32 Å². The second-order valence-electron chi connectivity index (χ2n) is 10.9. The smallest absolute Gasteiger partial charge is 0.261 e. The first-order valence-corrected chi connectivity index (χ1v) is 16.2. The maximum absolute atomic E-state index is 13.2. The van der Waals surface area contributed by atoms with Gasteiger partial charge in [-0.1, -0.05) is 119 Å². The van der Waals surface area contributed by atoms with Crippen LogP contribution < -0.4 is 10.4 Å². The first-order valence-electron chi connectivity index (χ1n) is 12.9. The van der Waals surface area contributed by atoms with Crippen LogP contribution in [0, 0.1) is 5.92 Å². The largest absolute Gasteiger partial charge is 0.407 e. The molecule has 7 heteroatoms. The molecule has 2 atom stereocenters. The number of thioether (sulfide) groups is 1. The molecule has 0 aromatic heterocycles. The highest BCUT2D eigenvalue weighted by Gasteiger charge is 2.50. The topological polar surface area (TPSA) is 38.8 Å². The van der Waals surface area contributed by atoms with E-state index >= 15 is 0 Å². The predicted octanol–water partition coefficient (Wildman–Crippen LogP) is 5.63. The van der Waals surface area contributed by atoms with Gasteiger partial charge in [-0.2, -0.15) is 0 Å². The van der Waals surface area contributed by atoms with E-state index < -0.39 is 8.32 Å². The van der Waals surface area contributed by atoms with Gasteiger partial charge < -0.3 is 9.16 Å². The first-order chi connectivity index (χ1) is 17.1. The molecule has 2 aromatic rings. The van der Waals surface area contributed by atoms with Crippen LogP contribution in [0.4, 0.5) is 0 Å². The number of hydrogen-bond acceptors (Lipinski definition) is 5. The molecule has 3 rings (SSSR count). The number of thiocarbonyl (C=S) groups is 1.